The highest BCUT2D eigenvalue weighted by Gasteiger charge is 2.41. The van der Waals surface area contributed by atoms with Gasteiger partial charge in [-0.25, -0.2) is 0 Å². The highest BCUT2D eigenvalue weighted by molar-refractivity contribution is 6.74. The van der Waals surface area contributed by atoms with Gasteiger partial charge >= 0.3 is 5.97 Å². The Morgan fingerprint density at radius 2 is 1.64 bits per heavy atom. The lowest BCUT2D eigenvalue weighted by molar-refractivity contribution is -0.149. The second kappa shape index (κ2) is 8.76. The number of carbonyl (C=O) groups excluding carboxylic acids is 2. The highest BCUT2D eigenvalue weighted by atomic mass is 28.4. The van der Waals surface area contributed by atoms with Gasteiger partial charge in [-0.05, 0) is 29.6 Å². The fraction of sp³-hybridized carbons (Fsp3) is 0.600. The first-order valence-corrected chi connectivity index (χ1v) is 11.7. The maximum absolute atomic E-state index is 12.6. The first-order valence-electron chi connectivity index (χ1n) is 8.84. The molecule has 0 unspecified atom stereocenters. The second-order valence-electron chi connectivity index (χ2n) is 8.33. The van der Waals surface area contributed by atoms with Crippen LogP contribution in [0.4, 0.5) is 0 Å². The molecule has 1 aromatic rings. The summed E-state index contributed by atoms with van der Waals surface area (Å²) in [7, 11) is -2.09. The topological polar surface area (TPSA) is 52.6 Å². The zero-order valence-electron chi connectivity index (χ0n) is 16.6. The van der Waals surface area contributed by atoms with E-state index >= 15 is 0 Å². The van der Waals surface area contributed by atoms with Crippen LogP contribution in [0, 0.1) is 5.92 Å². The van der Waals surface area contributed by atoms with Crippen LogP contribution in [0.3, 0.4) is 0 Å². The van der Waals surface area contributed by atoms with Gasteiger partial charge in [0, 0.05) is 0 Å². The van der Waals surface area contributed by atoms with Crippen LogP contribution in [0.1, 0.15) is 46.6 Å². The van der Waals surface area contributed by atoms with E-state index < -0.39 is 20.4 Å². The molecule has 140 valence electrons. The number of Topliss-reactive ketones (excluding diaryl/α,β-unsaturated/α-hetero) is 1. The third-order valence-electron chi connectivity index (χ3n) is 4.71. The zero-order valence-corrected chi connectivity index (χ0v) is 17.6. The van der Waals surface area contributed by atoms with E-state index in [9.17, 15) is 9.59 Å². The average molecular weight is 365 g/mol. The van der Waals surface area contributed by atoms with Crippen molar-refractivity contribution in [2.75, 3.05) is 0 Å². The molecule has 5 heteroatoms. The van der Waals surface area contributed by atoms with Crippen molar-refractivity contribution in [2.24, 2.45) is 5.92 Å². The van der Waals surface area contributed by atoms with E-state index in [0.29, 0.717) is 0 Å². The summed E-state index contributed by atoms with van der Waals surface area (Å²) in [6, 6.07) is 9.44. The van der Waals surface area contributed by atoms with Crippen molar-refractivity contribution in [1.29, 1.82) is 0 Å². The predicted octanol–water partition coefficient (Wildman–Crippen LogP) is 4.74. The number of carbonyl (C=O) groups is 2. The van der Waals surface area contributed by atoms with E-state index in [1.807, 2.05) is 44.2 Å². The van der Waals surface area contributed by atoms with Crippen LogP contribution < -0.4 is 0 Å². The Labute approximate surface area is 153 Å². The molecule has 0 bridgehead atoms. The molecule has 0 amide bonds. The quantitative estimate of drug-likeness (QED) is 0.380. The lowest BCUT2D eigenvalue weighted by Gasteiger charge is -2.39. The molecule has 0 fully saturated rings. The molecule has 0 saturated heterocycles. The maximum Gasteiger partial charge on any atom is 0.313 e. The van der Waals surface area contributed by atoms with Gasteiger partial charge in [-0.1, -0.05) is 65.0 Å². The third-order valence-corrected chi connectivity index (χ3v) is 9.17. The molecular formula is C20H32O4Si. The molecule has 4 nitrogen and oxygen atoms in total. The monoisotopic (exact) mass is 364 g/mol. The van der Waals surface area contributed by atoms with Gasteiger partial charge in [0.05, 0.1) is 0 Å². The molecular weight excluding hydrogens is 332 g/mol. The molecule has 0 N–H and O–H groups in total. The number of benzene rings is 1. The Kier molecular flexibility index (Phi) is 7.56. The van der Waals surface area contributed by atoms with Crippen LogP contribution in [-0.4, -0.2) is 26.2 Å². The van der Waals surface area contributed by atoms with Crippen LogP contribution in [-0.2, 0) is 25.4 Å². The number of ether oxygens (including phenoxy) is 1. The van der Waals surface area contributed by atoms with Crippen LogP contribution in [0.15, 0.2) is 30.3 Å². The predicted molar refractivity (Wildman–Crippen MR) is 103 cm³/mol. The molecule has 0 radical (unpaired) electrons. The Morgan fingerprint density at radius 1 is 1.08 bits per heavy atom. The van der Waals surface area contributed by atoms with Gasteiger partial charge < -0.3 is 9.16 Å². The smallest absolute Gasteiger partial charge is 0.313 e. The van der Waals surface area contributed by atoms with Crippen molar-refractivity contribution < 1.29 is 18.8 Å². The van der Waals surface area contributed by atoms with E-state index in [1.54, 1.807) is 0 Å². The van der Waals surface area contributed by atoms with E-state index in [0.717, 1.165) is 5.56 Å². The Balaban J connectivity index is 2.65. The molecule has 0 aromatic heterocycles. The maximum atomic E-state index is 12.6. The van der Waals surface area contributed by atoms with Gasteiger partial charge in [0.25, 0.3) is 0 Å². The summed E-state index contributed by atoms with van der Waals surface area (Å²) in [4.78, 5) is 24.6. The molecule has 1 aromatic carbocycles. The first kappa shape index (κ1) is 21.6. The summed E-state index contributed by atoms with van der Waals surface area (Å²) in [6.07, 6.45) is -0.810. The molecule has 1 atom stereocenters. The van der Waals surface area contributed by atoms with Gasteiger partial charge in [0.15, 0.2) is 14.1 Å². The minimum Gasteiger partial charge on any atom is -0.460 e. The van der Waals surface area contributed by atoms with E-state index in [-0.39, 0.29) is 29.8 Å². The molecule has 0 saturated carbocycles. The Bertz CT molecular complexity index is 573. The fourth-order valence-electron chi connectivity index (χ4n) is 2.10. The number of ketones is 1. The van der Waals surface area contributed by atoms with Crippen molar-refractivity contribution in [3.63, 3.8) is 0 Å². The zero-order chi connectivity index (χ0) is 19.3. The van der Waals surface area contributed by atoms with Gasteiger partial charge in [0.1, 0.15) is 19.1 Å². The van der Waals surface area contributed by atoms with E-state index in [1.165, 1.54) is 0 Å². The summed E-state index contributed by atoms with van der Waals surface area (Å²) in [5.41, 5.74) is 0.904. The molecule has 0 spiro atoms. The fourth-order valence-corrected chi connectivity index (χ4v) is 3.49. The average Bonchev–Trinajstić information content (AvgIpc) is 2.50. The molecule has 0 aliphatic heterocycles. The van der Waals surface area contributed by atoms with Crippen molar-refractivity contribution in [3.05, 3.63) is 35.9 Å². The van der Waals surface area contributed by atoms with E-state index in [2.05, 4.69) is 33.9 Å². The number of hydrogen-bond donors (Lipinski definition) is 0. The van der Waals surface area contributed by atoms with E-state index in [4.69, 9.17) is 9.16 Å². The number of hydrogen-bond acceptors (Lipinski definition) is 4. The molecule has 1 rings (SSSR count). The van der Waals surface area contributed by atoms with Gasteiger partial charge in [-0.15, -0.1) is 0 Å². The van der Waals surface area contributed by atoms with Crippen molar-refractivity contribution >= 4 is 20.1 Å². The minimum atomic E-state index is -2.09. The lowest BCUT2D eigenvalue weighted by atomic mass is 10.0. The Hall–Kier alpha value is -1.46. The normalized spacial score (nSPS) is 13.6. The second-order valence-corrected chi connectivity index (χ2v) is 13.1. The Morgan fingerprint density at radius 3 is 2.12 bits per heavy atom. The summed E-state index contributed by atoms with van der Waals surface area (Å²) in [5, 5.41) is 0.00817. The summed E-state index contributed by atoms with van der Waals surface area (Å²) < 4.78 is 11.5. The molecule has 25 heavy (non-hydrogen) atoms. The van der Waals surface area contributed by atoms with Gasteiger partial charge in [0.2, 0.25) is 0 Å². The first-order chi connectivity index (χ1) is 11.4. The number of rotatable bonds is 8. The highest BCUT2D eigenvalue weighted by Crippen LogP contribution is 2.38. The largest absolute Gasteiger partial charge is 0.460 e. The summed E-state index contributed by atoms with van der Waals surface area (Å²) in [6.45, 7) is 14.7. The summed E-state index contributed by atoms with van der Waals surface area (Å²) >= 11 is 0. The van der Waals surface area contributed by atoms with Crippen molar-refractivity contribution in [3.8, 4) is 0 Å². The molecule has 0 aliphatic rings. The third kappa shape index (κ3) is 6.75. The van der Waals surface area contributed by atoms with Crippen LogP contribution in [0.25, 0.3) is 0 Å². The SMILES string of the molecule is CC(C)[C@H](O[Si](C)(C)C(C)(C)C)C(=O)CC(=O)OCc1ccccc1. The number of esters is 1. The van der Waals surface area contributed by atoms with Crippen molar-refractivity contribution in [1.82, 2.24) is 0 Å². The summed E-state index contributed by atoms with van der Waals surface area (Å²) in [5.74, 6) is -0.681. The van der Waals surface area contributed by atoms with Crippen LogP contribution >= 0.6 is 0 Å². The lowest BCUT2D eigenvalue weighted by Crippen LogP contribution is -2.48. The van der Waals surface area contributed by atoms with Crippen LogP contribution in [0.2, 0.25) is 18.1 Å². The standard InChI is InChI=1S/C20H32O4Si/c1-15(2)19(24-25(6,7)20(3,4)5)17(21)13-18(22)23-14-16-11-9-8-10-12-16/h8-12,15,19H,13-14H2,1-7H3/t19-/m0/s1. The van der Waals surface area contributed by atoms with Gasteiger partial charge in [-0.3, -0.25) is 9.59 Å². The van der Waals surface area contributed by atoms with Crippen molar-refractivity contribution in [2.45, 2.75) is 71.9 Å². The molecule has 0 aliphatic carbocycles. The molecule has 0 heterocycles. The minimum absolute atomic E-state index is 0.00817. The van der Waals surface area contributed by atoms with Gasteiger partial charge in [-0.2, -0.15) is 0 Å². The van der Waals surface area contributed by atoms with Crippen LogP contribution in [0.5, 0.6) is 0 Å².